The van der Waals surface area contributed by atoms with Gasteiger partial charge in [0.25, 0.3) is 0 Å². The fourth-order valence-electron chi connectivity index (χ4n) is 2.55. The van der Waals surface area contributed by atoms with Crippen LogP contribution in [0.25, 0.3) is 0 Å². The van der Waals surface area contributed by atoms with Crippen molar-refractivity contribution in [3.05, 3.63) is 0 Å². The Morgan fingerprint density at radius 1 is 1.36 bits per heavy atom. The highest BCUT2D eigenvalue weighted by molar-refractivity contribution is 4.83. The monoisotopic (exact) mass is 198 g/mol. The lowest BCUT2D eigenvalue weighted by molar-refractivity contribution is 0.231. The molecule has 1 heterocycles. The van der Waals surface area contributed by atoms with Gasteiger partial charge >= 0.3 is 0 Å². The Morgan fingerprint density at radius 2 is 2.07 bits per heavy atom. The van der Waals surface area contributed by atoms with E-state index in [0.717, 1.165) is 18.5 Å². The second-order valence-corrected chi connectivity index (χ2v) is 4.81. The van der Waals surface area contributed by atoms with Crippen molar-refractivity contribution in [1.29, 1.82) is 0 Å². The van der Waals surface area contributed by atoms with Crippen LogP contribution in [0.1, 0.15) is 40.5 Å². The fourth-order valence-corrected chi connectivity index (χ4v) is 2.55. The van der Waals surface area contributed by atoms with E-state index in [4.69, 9.17) is 0 Å². The molecule has 0 amide bonds. The molecule has 0 spiro atoms. The molecule has 1 rings (SSSR count). The number of hydrogen-bond donors (Lipinski definition) is 1. The van der Waals surface area contributed by atoms with Gasteiger partial charge in [-0.2, -0.15) is 0 Å². The van der Waals surface area contributed by atoms with Crippen LogP contribution in [0.2, 0.25) is 0 Å². The maximum absolute atomic E-state index is 3.55. The van der Waals surface area contributed by atoms with Gasteiger partial charge in [0, 0.05) is 25.2 Å². The summed E-state index contributed by atoms with van der Waals surface area (Å²) >= 11 is 0. The quantitative estimate of drug-likeness (QED) is 0.728. The molecule has 0 aliphatic carbocycles. The lowest BCUT2D eigenvalue weighted by Gasteiger charge is -2.26. The summed E-state index contributed by atoms with van der Waals surface area (Å²) in [5, 5.41) is 3.55. The van der Waals surface area contributed by atoms with Crippen molar-refractivity contribution in [3.63, 3.8) is 0 Å². The number of nitrogens with zero attached hydrogens (tertiary/aromatic N) is 1. The van der Waals surface area contributed by atoms with Crippen LogP contribution in [0.15, 0.2) is 0 Å². The minimum absolute atomic E-state index is 0.688. The Hall–Kier alpha value is -0.0800. The molecule has 1 aliphatic heterocycles. The lowest BCUT2D eigenvalue weighted by Crippen LogP contribution is -2.42. The highest BCUT2D eigenvalue weighted by Crippen LogP contribution is 2.22. The highest BCUT2D eigenvalue weighted by atomic mass is 15.2. The Labute approximate surface area is 89.1 Å². The zero-order valence-electron chi connectivity index (χ0n) is 10.2. The molecule has 0 saturated carbocycles. The van der Waals surface area contributed by atoms with Gasteiger partial charge in [0.1, 0.15) is 0 Å². The first-order valence-corrected chi connectivity index (χ1v) is 6.14. The van der Waals surface area contributed by atoms with Crippen LogP contribution in [0.4, 0.5) is 0 Å². The molecule has 3 unspecified atom stereocenters. The van der Waals surface area contributed by atoms with Gasteiger partial charge in [-0.25, -0.2) is 0 Å². The molecule has 1 saturated heterocycles. The van der Waals surface area contributed by atoms with Gasteiger partial charge in [-0.15, -0.1) is 0 Å². The Balaban J connectivity index is 2.34. The van der Waals surface area contributed by atoms with E-state index in [0.29, 0.717) is 6.04 Å². The molecule has 1 fully saturated rings. The first-order chi connectivity index (χ1) is 6.67. The van der Waals surface area contributed by atoms with E-state index in [1.165, 1.54) is 25.9 Å². The van der Waals surface area contributed by atoms with Crippen molar-refractivity contribution >= 4 is 0 Å². The van der Waals surface area contributed by atoms with Gasteiger partial charge in [0.05, 0.1) is 0 Å². The van der Waals surface area contributed by atoms with E-state index >= 15 is 0 Å². The average molecular weight is 198 g/mol. The van der Waals surface area contributed by atoms with Crippen LogP contribution < -0.4 is 5.32 Å². The van der Waals surface area contributed by atoms with Crippen LogP contribution >= 0.6 is 0 Å². The van der Waals surface area contributed by atoms with Gasteiger partial charge in [0.15, 0.2) is 0 Å². The molecule has 0 aromatic carbocycles. The van der Waals surface area contributed by atoms with Crippen molar-refractivity contribution in [2.75, 3.05) is 19.6 Å². The first-order valence-electron chi connectivity index (χ1n) is 6.14. The summed E-state index contributed by atoms with van der Waals surface area (Å²) in [7, 11) is 0. The molecule has 0 aromatic rings. The third-order valence-corrected chi connectivity index (χ3v) is 3.35. The average Bonchev–Trinajstić information content (AvgIpc) is 2.44. The van der Waals surface area contributed by atoms with Crippen LogP contribution in [0, 0.1) is 5.92 Å². The predicted octanol–water partition coefficient (Wildman–Crippen LogP) is 2.10. The molecule has 0 radical (unpaired) electrons. The van der Waals surface area contributed by atoms with E-state index in [-0.39, 0.29) is 0 Å². The molecular weight excluding hydrogens is 172 g/mol. The maximum atomic E-state index is 3.55. The molecule has 2 nitrogen and oxygen atoms in total. The van der Waals surface area contributed by atoms with E-state index in [1.807, 2.05) is 0 Å². The molecule has 2 heteroatoms. The lowest BCUT2D eigenvalue weighted by atomic mass is 10.1. The van der Waals surface area contributed by atoms with Crippen molar-refractivity contribution in [1.82, 2.24) is 10.2 Å². The predicted molar refractivity (Wildman–Crippen MR) is 62.6 cm³/mol. The second-order valence-electron chi connectivity index (χ2n) is 4.81. The number of likely N-dealkylation sites (N-methyl/N-ethyl adjacent to an activating group) is 1. The number of nitrogens with one attached hydrogen (secondary N) is 1. The van der Waals surface area contributed by atoms with Crippen LogP contribution in [-0.2, 0) is 0 Å². The molecule has 1 aliphatic rings. The standard InChI is InChI=1S/C12H26N2/c1-5-12(13-6-2)9-14-8-10(3)7-11(14)4/h10-13H,5-9H2,1-4H3. The Morgan fingerprint density at radius 3 is 2.50 bits per heavy atom. The van der Waals surface area contributed by atoms with Crippen molar-refractivity contribution in [2.24, 2.45) is 5.92 Å². The van der Waals surface area contributed by atoms with Crippen molar-refractivity contribution < 1.29 is 0 Å². The number of hydrogen-bond acceptors (Lipinski definition) is 2. The van der Waals surface area contributed by atoms with Gasteiger partial charge in [-0.05, 0) is 32.2 Å². The highest BCUT2D eigenvalue weighted by Gasteiger charge is 2.27. The minimum Gasteiger partial charge on any atom is -0.313 e. The largest absolute Gasteiger partial charge is 0.313 e. The molecule has 0 aromatic heterocycles. The molecule has 0 bridgehead atoms. The molecule has 84 valence electrons. The summed E-state index contributed by atoms with van der Waals surface area (Å²) in [6, 6.07) is 1.48. The smallest absolute Gasteiger partial charge is 0.0192 e. The molecule has 14 heavy (non-hydrogen) atoms. The normalized spacial score (nSPS) is 30.9. The third kappa shape index (κ3) is 3.25. The zero-order chi connectivity index (χ0) is 10.6. The van der Waals surface area contributed by atoms with Gasteiger partial charge in [-0.3, -0.25) is 4.90 Å². The van der Waals surface area contributed by atoms with Crippen molar-refractivity contribution in [2.45, 2.75) is 52.6 Å². The van der Waals surface area contributed by atoms with E-state index in [2.05, 4.69) is 37.9 Å². The summed E-state index contributed by atoms with van der Waals surface area (Å²) in [5.41, 5.74) is 0. The topological polar surface area (TPSA) is 15.3 Å². The number of rotatable bonds is 5. The summed E-state index contributed by atoms with van der Waals surface area (Å²) in [4.78, 5) is 2.64. The first kappa shape index (κ1) is 12.0. The summed E-state index contributed by atoms with van der Waals surface area (Å²) in [5.74, 6) is 0.893. The van der Waals surface area contributed by atoms with Crippen LogP contribution in [0.5, 0.6) is 0 Å². The molecule has 1 N–H and O–H groups in total. The minimum atomic E-state index is 0.688. The van der Waals surface area contributed by atoms with Gasteiger partial charge in [0.2, 0.25) is 0 Å². The fraction of sp³-hybridized carbons (Fsp3) is 1.00. The second kappa shape index (κ2) is 5.72. The van der Waals surface area contributed by atoms with Crippen LogP contribution in [-0.4, -0.2) is 36.6 Å². The van der Waals surface area contributed by atoms with E-state index in [1.54, 1.807) is 0 Å². The van der Waals surface area contributed by atoms with Crippen LogP contribution in [0.3, 0.4) is 0 Å². The summed E-state index contributed by atoms with van der Waals surface area (Å²) in [6.45, 7) is 12.8. The molecular formula is C12H26N2. The summed E-state index contributed by atoms with van der Waals surface area (Å²) in [6.07, 6.45) is 2.62. The SMILES string of the molecule is CCNC(CC)CN1CC(C)CC1C. The Kier molecular flexibility index (Phi) is 4.90. The summed E-state index contributed by atoms with van der Waals surface area (Å²) < 4.78 is 0. The van der Waals surface area contributed by atoms with E-state index < -0.39 is 0 Å². The third-order valence-electron chi connectivity index (χ3n) is 3.35. The van der Waals surface area contributed by atoms with Gasteiger partial charge in [-0.1, -0.05) is 20.8 Å². The maximum Gasteiger partial charge on any atom is 0.0192 e. The molecule has 3 atom stereocenters. The van der Waals surface area contributed by atoms with Crippen molar-refractivity contribution in [3.8, 4) is 0 Å². The van der Waals surface area contributed by atoms with E-state index in [9.17, 15) is 0 Å². The Bertz CT molecular complexity index is 158. The van der Waals surface area contributed by atoms with Gasteiger partial charge < -0.3 is 5.32 Å². The zero-order valence-corrected chi connectivity index (χ0v) is 10.2. The number of likely N-dealkylation sites (tertiary alicyclic amines) is 1.